The molecule has 1 atom stereocenters. The molecule has 6 heteroatoms. The van der Waals surface area contributed by atoms with Crippen LogP contribution in [0, 0.1) is 5.41 Å². The summed E-state index contributed by atoms with van der Waals surface area (Å²) >= 11 is 0. The van der Waals surface area contributed by atoms with Crippen LogP contribution in [0.3, 0.4) is 0 Å². The Labute approximate surface area is 116 Å². The quantitative estimate of drug-likeness (QED) is 0.921. The first kappa shape index (κ1) is 15.9. The Kier molecular flexibility index (Phi) is 4.58. The van der Waals surface area contributed by atoms with E-state index in [9.17, 15) is 8.42 Å². The summed E-state index contributed by atoms with van der Waals surface area (Å²) in [6.07, 6.45) is 1.38. The molecule has 0 radical (unpaired) electrons. The van der Waals surface area contributed by atoms with E-state index in [1.54, 1.807) is 12.1 Å². The molecule has 1 heterocycles. The Morgan fingerprint density at radius 2 is 1.84 bits per heavy atom. The maximum absolute atomic E-state index is 11.9. The monoisotopic (exact) mass is 285 g/mol. The third-order valence-electron chi connectivity index (χ3n) is 3.18. The van der Waals surface area contributed by atoms with Gasteiger partial charge >= 0.3 is 0 Å². The molecule has 1 N–H and O–H groups in total. The van der Waals surface area contributed by atoms with Gasteiger partial charge in [0.25, 0.3) is 0 Å². The second-order valence-electron chi connectivity index (χ2n) is 5.90. The van der Waals surface area contributed by atoms with Gasteiger partial charge in [0.15, 0.2) is 0 Å². The minimum absolute atomic E-state index is 0.107. The first-order chi connectivity index (χ1) is 8.55. The highest BCUT2D eigenvalue weighted by atomic mass is 32.2. The Bertz CT molecular complexity index is 516. The standard InChI is InChI=1S/C13H23N3O2S/c1-10(13(2,3)4)15-12-8-7-11(9-14-12)19(17,18)16(5)6/h7-10H,1-6H3,(H,14,15). The molecule has 0 fully saturated rings. The lowest BCUT2D eigenvalue weighted by molar-refractivity contribution is 0.358. The number of rotatable bonds is 4. The van der Waals surface area contributed by atoms with Gasteiger partial charge in [0.1, 0.15) is 10.7 Å². The van der Waals surface area contributed by atoms with Gasteiger partial charge in [0, 0.05) is 26.3 Å². The zero-order valence-electron chi connectivity index (χ0n) is 12.4. The van der Waals surface area contributed by atoms with E-state index in [-0.39, 0.29) is 16.4 Å². The maximum Gasteiger partial charge on any atom is 0.244 e. The third-order valence-corrected chi connectivity index (χ3v) is 4.98. The topological polar surface area (TPSA) is 62.3 Å². The lowest BCUT2D eigenvalue weighted by Gasteiger charge is -2.28. The van der Waals surface area contributed by atoms with E-state index in [1.165, 1.54) is 24.6 Å². The van der Waals surface area contributed by atoms with Crippen molar-refractivity contribution in [2.24, 2.45) is 5.41 Å². The maximum atomic E-state index is 11.9. The predicted molar refractivity (Wildman–Crippen MR) is 77.6 cm³/mol. The molecular weight excluding hydrogens is 262 g/mol. The summed E-state index contributed by atoms with van der Waals surface area (Å²) in [5.41, 5.74) is 0.107. The van der Waals surface area contributed by atoms with Crippen molar-refractivity contribution in [3.8, 4) is 0 Å². The van der Waals surface area contributed by atoms with Crippen molar-refractivity contribution in [1.82, 2.24) is 9.29 Å². The summed E-state index contributed by atoms with van der Waals surface area (Å²) in [4.78, 5) is 4.36. The van der Waals surface area contributed by atoms with Crippen LogP contribution in [0.15, 0.2) is 23.2 Å². The van der Waals surface area contributed by atoms with E-state index in [0.29, 0.717) is 5.82 Å². The van der Waals surface area contributed by atoms with E-state index in [1.807, 2.05) is 0 Å². The fourth-order valence-electron chi connectivity index (χ4n) is 1.27. The van der Waals surface area contributed by atoms with Gasteiger partial charge in [-0.25, -0.2) is 17.7 Å². The fraction of sp³-hybridized carbons (Fsp3) is 0.615. The van der Waals surface area contributed by atoms with Crippen LogP contribution >= 0.6 is 0 Å². The molecular formula is C13H23N3O2S. The van der Waals surface area contributed by atoms with Gasteiger partial charge < -0.3 is 5.32 Å². The van der Waals surface area contributed by atoms with Crippen molar-refractivity contribution in [2.75, 3.05) is 19.4 Å². The van der Waals surface area contributed by atoms with Gasteiger partial charge in [-0.05, 0) is 24.5 Å². The number of nitrogens with zero attached hydrogens (tertiary/aromatic N) is 2. The Morgan fingerprint density at radius 1 is 1.26 bits per heavy atom. The zero-order chi connectivity index (χ0) is 14.8. The van der Waals surface area contributed by atoms with E-state index in [2.05, 4.69) is 38.0 Å². The molecule has 0 aliphatic heterocycles. The minimum atomic E-state index is -3.41. The number of pyridine rings is 1. The van der Waals surface area contributed by atoms with Crippen LogP contribution in [0.1, 0.15) is 27.7 Å². The molecule has 1 aromatic rings. The van der Waals surface area contributed by atoms with Crippen molar-refractivity contribution in [3.05, 3.63) is 18.3 Å². The number of hydrogen-bond acceptors (Lipinski definition) is 4. The van der Waals surface area contributed by atoms with Crippen molar-refractivity contribution >= 4 is 15.8 Å². The van der Waals surface area contributed by atoms with Crippen LogP contribution in [-0.2, 0) is 10.0 Å². The summed E-state index contributed by atoms with van der Waals surface area (Å²) in [5, 5.41) is 3.27. The van der Waals surface area contributed by atoms with Gasteiger partial charge in [-0.3, -0.25) is 0 Å². The molecule has 19 heavy (non-hydrogen) atoms. The van der Waals surface area contributed by atoms with E-state index < -0.39 is 10.0 Å². The predicted octanol–water partition coefficient (Wildman–Crippen LogP) is 2.18. The molecule has 0 aromatic carbocycles. The smallest absolute Gasteiger partial charge is 0.244 e. The van der Waals surface area contributed by atoms with E-state index >= 15 is 0 Å². The van der Waals surface area contributed by atoms with Crippen LogP contribution in [0.25, 0.3) is 0 Å². The van der Waals surface area contributed by atoms with Crippen molar-refractivity contribution in [1.29, 1.82) is 0 Å². The normalized spacial score (nSPS) is 14.5. The molecule has 0 saturated carbocycles. The molecule has 5 nitrogen and oxygen atoms in total. The average Bonchev–Trinajstić information content (AvgIpc) is 2.28. The SMILES string of the molecule is CC(Nc1ccc(S(=O)(=O)N(C)C)cn1)C(C)(C)C. The molecule has 0 saturated heterocycles. The molecule has 0 spiro atoms. The van der Waals surface area contributed by atoms with Crippen molar-refractivity contribution in [3.63, 3.8) is 0 Å². The Morgan fingerprint density at radius 3 is 2.21 bits per heavy atom. The summed E-state index contributed by atoms with van der Waals surface area (Å²) in [6.45, 7) is 8.48. The number of aromatic nitrogens is 1. The number of nitrogens with one attached hydrogen (secondary N) is 1. The van der Waals surface area contributed by atoms with Crippen LogP contribution < -0.4 is 5.32 Å². The van der Waals surface area contributed by atoms with Crippen LogP contribution in [0.2, 0.25) is 0 Å². The van der Waals surface area contributed by atoms with E-state index in [4.69, 9.17) is 0 Å². The van der Waals surface area contributed by atoms with Gasteiger partial charge in [-0.1, -0.05) is 20.8 Å². The Hall–Kier alpha value is -1.14. The van der Waals surface area contributed by atoms with Gasteiger partial charge in [-0.15, -0.1) is 0 Å². The fourth-order valence-corrected chi connectivity index (χ4v) is 2.11. The molecule has 108 valence electrons. The van der Waals surface area contributed by atoms with Crippen molar-refractivity contribution in [2.45, 2.75) is 38.6 Å². The summed E-state index contributed by atoms with van der Waals surface area (Å²) in [6, 6.07) is 3.50. The van der Waals surface area contributed by atoms with Gasteiger partial charge in [-0.2, -0.15) is 0 Å². The highest BCUT2D eigenvalue weighted by Crippen LogP contribution is 2.22. The summed E-state index contributed by atoms with van der Waals surface area (Å²) in [5.74, 6) is 0.681. The first-order valence-electron chi connectivity index (χ1n) is 6.20. The minimum Gasteiger partial charge on any atom is -0.367 e. The second-order valence-corrected chi connectivity index (χ2v) is 8.05. The number of hydrogen-bond donors (Lipinski definition) is 1. The number of sulfonamides is 1. The molecule has 1 rings (SSSR count). The lowest BCUT2D eigenvalue weighted by atomic mass is 9.88. The summed E-state index contributed by atoms with van der Waals surface area (Å²) in [7, 11) is -0.401. The molecule has 1 unspecified atom stereocenters. The molecule has 0 amide bonds. The zero-order valence-corrected chi connectivity index (χ0v) is 13.2. The molecule has 0 bridgehead atoms. The first-order valence-corrected chi connectivity index (χ1v) is 7.64. The highest BCUT2D eigenvalue weighted by Gasteiger charge is 2.21. The van der Waals surface area contributed by atoms with Gasteiger partial charge in [0.05, 0.1) is 0 Å². The molecule has 0 aliphatic carbocycles. The van der Waals surface area contributed by atoms with E-state index in [0.717, 1.165) is 0 Å². The van der Waals surface area contributed by atoms with Crippen LogP contribution in [0.5, 0.6) is 0 Å². The number of anilines is 1. The summed E-state index contributed by atoms with van der Waals surface area (Å²) < 4.78 is 25.0. The lowest BCUT2D eigenvalue weighted by Crippen LogP contribution is -2.31. The van der Waals surface area contributed by atoms with Gasteiger partial charge in [0.2, 0.25) is 10.0 Å². The highest BCUT2D eigenvalue weighted by molar-refractivity contribution is 7.89. The molecule has 0 aliphatic rings. The average molecular weight is 285 g/mol. The molecule has 1 aromatic heterocycles. The van der Waals surface area contributed by atoms with Crippen molar-refractivity contribution < 1.29 is 8.42 Å². The largest absolute Gasteiger partial charge is 0.367 e. The van der Waals surface area contributed by atoms with Crippen LogP contribution in [0.4, 0.5) is 5.82 Å². The third kappa shape index (κ3) is 3.91. The second kappa shape index (κ2) is 5.46. The Balaban J connectivity index is 2.90. The van der Waals surface area contributed by atoms with Crippen LogP contribution in [-0.4, -0.2) is 37.8 Å².